The van der Waals surface area contributed by atoms with Crippen molar-refractivity contribution in [2.24, 2.45) is 5.92 Å². The Morgan fingerprint density at radius 2 is 1.89 bits per heavy atom. The molecule has 0 bridgehead atoms. The first-order valence-corrected chi connectivity index (χ1v) is 6.87. The molecule has 1 saturated heterocycles. The van der Waals surface area contributed by atoms with Crippen LogP contribution in [0.3, 0.4) is 0 Å². The zero-order chi connectivity index (χ0) is 14.1. The molecule has 1 rings (SSSR count). The van der Waals surface area contributed by atoms with Crippen molar-refractivity contribution in [1.82, 2.24) is 10.2 Å². The fourth-order valence-corrected chi connectivity index (χ4v) is 1.88. The van der Waals surface area contributed by atoms with E-state index in [1.54, 1.807) is 6.92 Å². The summed E-state index contributed by atoms with van der Waals surface area (Å²) < 4.78 is 10.7. The standard InChI is InChI=1S/C13H24N2O4/c1-3-14-4-6-18-8-9-19-7-5-15-12(16)10-11(2)13(15)17/h11,14H,3-10H2,1-2H3. The van der Waals surface area contributed by atoms with Crippen LogP contribution >= 0.6 is 0 Å². The van der Waals surface area contributed by atoms with Gasteiger partial charge in [-0.2, -0.15) is 0 Å². The third-order valence-electron chi connectivity index (χ3n) is 2.97. The number of nitrogens with zero attached hydrogens (tertiary/aromatic N) is 1. The third kappa shape index (κ3) is 5.67. The Balaban J connectivity index is 1.96. The maximum Gasteiger partial charge on any atom is 0.232 e. The van der Waals surface area contributed by atoms with Crippen molar-refractivity contribution in [3.63, 3.8) is 0 Å². The highest BCUT2D eigenvalue weighted by molar-refractivity contribution is 6.03. The summed E-state index contributed by atoms with van der Waals surface area (Å²) in [6, 6.07) is 0. The number of likely N-dealkylation sites (N-methyl/N-ethyl adjacent to an activating group) is 1. The van der Waals surface area contributed by atoms with Crippen molar-refractivity contribution in [3.05, 3.63) is 0 Å². The van der Waals surface area contributed by atoms with Gasteiger partial charge < -0.3 is 14.8 Å². The fraction of sp³-hybridized carbons (Fsp3) is 0.846. The van der Waals surface area contributed by atoms with Gasteiger partial charge in [0.2, 0.25) is 11.8 Å². The molecule has 1 aliphatic rings. The molecule has 1 fully saturated rings. The summed E-state index contributed by atoms with van der Waals surface area (Å²) in [5.74, 6) is -0.361. The molecule has 0 aliphatic carbocycles. The first-order chi connectivity index (χ1) is 9.16. The summed E-state index contributed by atoms with van der Waals surface area (Å²) in [4.78, 5) is 24.4. The molecule has 2 amide bonds. The molecule has 0 aromatic rings. The van der Waals surface area contributed by atoms with Gasteiger partial charge in [-0.25, -0.2) is 0 Å². The molecule has 6 heteroatoms. The van der Waals surface area contributed by atoms with E-state index >= 15 is 0 Å². The van der Waals surface area contributed by atoms with Crippen LogP contribution in [-0.2, 0) is 19.1 Å². The van der Waals surface area contributed by atoms with Gasteiger partial charge in [0.25, 0.3) is 0 Å². The van der Waals surface area contributed by atoms with Gasteiger partial charge in [0.1, 0.15) is 0 Å². The molecule has 1 aliphatic heterocycles. The molecule has 6 nitrogen and oxygen atoms in total. The number of likely N-dealkylation sites (tertiary alicyclic amines) is 1. The second kappa shape index (κ2) is 9.01. The number of hydrogen-bond donors (Lipinski definition) is 1. The maximum atomic E-state index is 11.6. The summed E-state index contributed by atoms with van der Waals surface area (Å²) >= 11 is 0. The zero-order valence-electron chi connectivity index (χ0n) is 11.8. The molecule has 110 valence electrons. The van der Waals surface area contributed by atoms with Crippen LogP contribution in [0.5, 0.6) is 0 Å². The van der Waals surface area contributed by atoms with Gasteiger partial charge in [0.15, 0.2) is 0 Å². The minimum Gasteiger partial charge on any atom is -0.378 e. The first-order valence-electron chi connectivity index (χ1n) is 6.87. The lowest BCUT2D eigenvalue weighted by molar-refractivity contribution is -0.140. The number of imide groups is 1. The number of rotatable bonds is 10. The lowest BCUT2D eigenvalue weighted by Crippen LogP contribution is -2.33. The second-order valence-corrected chi connectivity index (χ2v) is 4.57. The third-order valence-corrected chi connectivity index (χ3v) is 2.97. The minimum absolute atomic E-state index is 0.0875. The van der Waals surface area contributed by atoms with E-state index in [1.807, 2.05) is 6.92 Å². The first kappa shape index (κ1) is 16.1. The van der Waals surface area contributed by atoms with Gasteiger partial charge in [-0.05, 0) is 6.54 Å². The van der Waals surface area contributed by atoms with E-state index in [2.05, 4.69) is 5.32 Å². The highest BCUT2D eigenvalue weighted by Crippen LogP contribution is 2.17. The smallest absolute Gasteiger partial charge is 0.232 e. The van der Waals surface area contributed by atoms with Crippen LogP contribution in [0.1, 0.15) is 20.3 Å². The van der Waals surface area contributed by atoms with Gasteiger partial charge in [0.05, 0.1) is 33.0 Å². The molecule has 0 aromatic heterocycles. The number of ether oxygens (including phenoxy) is 2. The number of amides is 2. The van der Waals surface area contributed by atoms with E-state index in [1.165, 1.54) is 4.90 Å². The van der Waals surface area contributed by atoms with Gasteiger partial charge in [0, 0.05) is 18.9 Å². The van der Waals surface area contributed by atoms with Crippen LogP contribution in [0.4, 0.5) is 0 Å². The van der Waals surface area contributed by atoms with Gasteiger partial charge in [-0.1, -0.05) is 13.8 Å². The topological polar surface area (TPSA) is 67.9 Å². The lowest BCUT2D eigenvalue weighted by atomic mass is 10.1. The normalized spacial score (nSPS) is 19.5. The molecule has 0 saturated carbocycles. The molecule has 1 atom stereocenters. The van der Waals surface area contributed by atoms with E-state index in [9.17, 15) is 9.59 Å². The van der Waals surface area contributed by atoms with Crippen LogP contribution in [-0.4, -0.2) is 62.8 Å². The van der Waals surface area contributed by atoms with Gasteiger partial charge in [-0.3, -0.25) is 14.5 Å². The highest BCUT2D eigenvalue weighted by Gasteiger charge is 2.34. The number of carbonyl (C=O) groups is 2. The lowest BCUT2D eigenvalue weighted by Gasteiger charge is -2.14. The number of carbonyl (C=O) groups excluding carboxylic acids is 2. The fourth-order valence-electron chi connectivity index (χ4n) is 1.88. The Labute approximate surface area is 114 Å². The maximum absolute atomic E-state index is 11.6. The van der Waals surface area contributed by atoms with Crippen molar-refractivity contribution < 1.29 is 19.1 Å². The monoisotopic (exact) mass is 272 g/mol. The largest absolute Gasteiger partial charge is 0.378 e. The molecule has 0 radical (unpaired) electrons. The van der Waals surface area contributed by atoms with Crippen LogP contribution < -0.4 is 5.32 Å². The predicted molar refractivity (Wildman–Crippen MR) is 70.7 cm³/mol. The highest BCUT2D eigenvalue weighted by atomic mass is 16.5. The average Bonchev–Trinajstić information content (AvgIpc) is 2.63. The number of nitrogens with one attached hydrogen (secondary N) is 1. The molecule has 0 spiro atoms. The Morgan fingerprint density at radius 1 is 1.21 bits per heavy atom. The van der Waals surface area contributed by atoms with Crippen LogP contribution in [0, 0.1) is 5.92 Å². The van der Waals surface area contributed by atoms with Gasteiger partial charge >= 0.3 is 0 Å². The predicted octanol–water partition coefficient (Wildman–Crippen LogP) is 0.0241. The van der Waals surface area contributed by atoms with E-state index in [4.69, 9.17) is 9.47 Å². The summed E-state index contributed by atoms with van der Waals surface area (Å²) in [7, 11) is 0. The van der Waals surface area contributed by atoms with Crippen molar-refractivity contribution in [2.45, 2.75) is 20.3 Å². The quantitative estimate of drug-likeness (QED) is 0.449. The van der Waals surface area contributed by atoms with E-state index in [-0.39, 0.29) is 17.7 Å². The number of hydrogen-bond acceptors (Lipinski definition) is 5. The Morgan fingerprint density at radius 3 is 2.47 bits per heavy atom. The second-order valence-electron chi connectivity index (χ2n) is 4.57. The van der Waals surface area contributed by atoms with Crippen LogP contribution in [0.2, 0.25) is 0 Å². The van der Waals surface area contributed by atoms with E-state index in [0.717, 1.165) is 13.1 Å². The molecular formula is C13H24N2O4. The Bertz CT molecular complexity index is 296. The van der Waals surface area contributed by atoms with Crippen molar-refractivity contribution in [3.8, 4) is 0 Å². The molecule has 0 aromatic carbocycles. The molecule has 1 N–H and O–H groups in total. The van der Waals surface area contributed by atoms with Crippen molar-refractivity contribution in [1.29, 1.82) is 0 Å². The summed E-state index contributed by atoms with van der Waals surface area (Å²) in [6.07, 6.45) is 0.326. The van der Waals surface area contributed by atoms with E-state index in [0.29, 0.717) is 39.4 Å². The average molecular weight is 272 g/mol. The molecular weight excluding hydrogens is 248 g/mol. The van der Waals surface area contributed by atoms with Crippen LogP contribution in [0.15, 0.2) is 0 Å². The molecule has 1 heterocycles. The van der Waals surface area contributed by atoms with Crippen molar-refractivity contribution in [2.75, 3.05) is 46.1 Å². The summed E-state index contributed by atoms with van der Waals surface area (Å²) in [5, 5.41) is 3.15. The van der Waals surface area contributed by atoms with Gasteiger partial charge in [-0.15, -0.1) is 0 Å². The minimum atomic E-state index is -0.179. The Hall–Kier alpha value is -0.980. The molecule has 19 heavy (non-hydrogen) atoms. The Kier molecular flexibility index (Phi) is 7.62. The molecule has 1 unspecified atom stereocenters. The zero-order valence-corrected chi connectivity index (χ0v) is 11.8. The summed E-state index contributed by atoms with van der Waals surface area (Å²) in [5.41, 5.74) is 0. The SMILES string of the molecule is CCNCCOCCOCCN1C(=O)CC(C)C1=O. The summed E-state index contributed by atoms with van der Waals surface area (Å²) in [6.45, 7) is 8.01. The van der Waals surface area contributed by atoms with E-state index < -0.39 is 0 Å². The van der Waals surface area contributed by atoms with Crippen LogP contribution in [0.25, 0.3) is 0 Å². The van der Waals surface area contributed by atoms with Crippen molar-refractivity contribution >= 4 is 11.8 Å².